The second-order valence-corrected chi connectivity index (χ2v) is 8.62. The second-order valence-electron chi connectivity index (χ2n) is 7.62. The summed E-state index contributed by atoms with van der Waals surface area (Å²) in [6.07, 6.45) is 5.08. The molecule has 0 saturated heterocycles. The molecule has 0 aromatic carbocycles. The van der Waals surface area contributed by atoms with Crippen LogP contribution in [0, 0.1) is 11.3 Å². The zero-order valence-electron chi connectivity index (χ0n) is 13.1. The van der Waals surface area contributed by atoms with Gasteiger partial charge in [-0.2, -0.15) is 0 Å². The molecule has 0 bridgehead atoms. The molecule has 0 radical (unpaired) electrons. The Bertz CT molecular complexity index is 479. The molecule has 112 valence electrons. The maximum Gasteiger partial charge on any atom is 0.0361 e. The molecule has 2 N–H and O–H groups in total. The van der Waals surface area contributed by atoms with Crippen LogP contribution in [0.4, 0.5) is 0 Å². The first-order valence-corrected chi connectivity index (χ1v) is 8.85. The third-order valence-electron chi connectivity index (χ3n) is 5.80. The van der Waals surface area contributed by atoms with Crippen molar-refractivity contribution in [3.05, 3.63) is 21.9 Å². The predicted octanol–water partition coefficient (Wildman–Crippen LogP) is 3.65. The van der Waals surface area contributed by atoms with Crippen LogP contribution in [0.2, 0.25) is 0 Å². The van der Waals surface area contributed by atoms with Crippen molar-refractivity contribution in [2.45, 2.75) is 58.5 Å². The molecule has 20 heavy (non-hydrogen) atoms. The molecule has 1 aliphatic heterocycles. The van der Waals surface area contributed by atoms with Gasteiger partial charge >= 0.3 is 0 Å². The Hall–Kier alpha value is -0.380. The first-order chi connectivity index (χ1) is 9.47. The molecule has 1 aromatic rings. The Balaban J connectivity index is 1.84. The van der Waals surface area contributed by atoms with Gasteiger partial charge in [-0.1, -0.05) is 20.8 Å². The van der Waals surface area contributed by atoms with E-state index in [9.17, 15) is 0 Å². The summed E-state index contributed by atoms with van der Waals surface area (Å²) in [5, 5.41) is 2.25. The summed E-state index contributed by atoms with van der Waals surface area (Å²) in [6, 6.07) is 2.31. The maximum absolute atomic E-state index is 6.30. The molecule has 0 amide bonds. The van der Waals surface area contributed by atoms with Crippen molar-refractivity contribution in [1.29, 1.82) is 0 Å². The SMILES string of the molecule is CC1CC(C)(C)CCC1(CN)N1CCc2sccc2C1. The van der Waals surface area contributed by atoms with Gasteiger partial charge < -0.3 is 5.73 Å². The minimum absolute atomic E-state index is 0.231. The molecule has 2 atom stereocenters. The molecule has 2 heterocycles. The molecule has 2 nitrogen and oxygen atoms in total. The monoisotopic (exact) mass is 292 g/mol. The molecule has 1 aliphatic carbocycles. The Kier molecular flexibility index (Phi) is 3.72. The fraction of sp³-hybridized carbons (Fsp3) is 0.765. The summed E-state index contributed by atoms with van der Waals surface area (Å²) in [7, 11) is 0. The lowest BCUT2D eigenvalue weighted by molar-refractivity contribution is -0.0299. The van der Waals surface area contributed by atoms with Gasteiger partial charge in [0.05, 0.1) is 0 Å². The van der Waals surface area contributed by atoms with Crippen molar-refractivity contribution in [1.82, 2.24) is 4.90 Å². The van der Waals surface area contributed by atoms with Crippen molar-refractivity contribution in [3.63, 3.8) is 0 Å². The lowest BCUT2D eigenvalue weighted by Crippen LogP contribution is -2.61. The number of rotatable bonds is 2. The van der Waals surface area contributed by atoms with E-state index in [-0.39, 0.29) is 5.54 Å². The van der Waals surface area contributed by atoms with Gasteiger partial charge in [0.2, 0.25) is 0 Å². The van der Waals surface area contributed by atoms with Crippen LogP contribution >= 0.6 is 11.3 Å². The van der Waals surface area contributed by atoms with E-state index >= 15 is 0 Å². The van der Waals surface area contributed by atoms with Gasteiger partial charge in [0.15, 0.2) is 0 Å². The Morgan fingerprint density at radius 2 is 2.20 bits per heavy atom. The van der Waals surface area contributed by atoms with Crippen molar-refractivity contribution in [3.8, 4) is 0 Å². The van der Waals surface area contributed by atoms with E-state index in [0.717, 1.165) is 13.1 Å². The van der Waals surface area contributed by atoms with Crippen LogP contribution in [0.5, 0.6) is 0 Å². The van der Waals surface area contributed by atoms with E-state index in [1.807, 2.05) is 11.3 Å². The van der Waals surface area contributed by atoms with Gasteiger partial charge in [-0.05, 0) is 54.0 Å². The molecule has 3 rings (SSSR count). The van der Waals surface area contributed by atoms with Crippen molar-refractivity contribution in [2.24, 2.45) is 17.1 Å². The summed E-state index contributed by atoms with van der Waals surface area (Å²) in [5.41, 5.74) is 8.57. The molecule has 1 aromatic heterocycles. The average molecular weight is 292 g/mol. The lowest BCUT2D eigenvalue weighted by atomic mass is 9.63. The van der Waals surface area contributed by atoms with Crippen LogP contribution in [0.3, 0.4) is 0 Å². The van der Waals surface area contributed by atoms with Gasteiger partial charge in [0.1, 0.15) is 0 Å². The van der Waals surface area contributed by atoms with E-state index in [4.69, 9.17) is 5.73 Å². The normalized spacial score (nSPS) is 33.9. The first kappa shape index (κ1) is 14.6. The van der Waals surface area contributed by atoms with Crippen LogP contribution < -0.4 is 5.73 Å². The quantitative estimate of drug-likeness (QED) is 0.901. The maximum atomic E-state index is 6.30. The third kappa shape index (κ3) is 2.34. The number of nitrogens with zero attached hydrogens (tertiary/aromatic N) is 1. The van der Waals surface area contributed by atoms with Crippen molar-refractivity contribution < 1.29 is 0 Å². The smallest absolute Gasteiger partial charge is 0.0361 e. The number of nitrogens with two attached hydrogens (primary N) is 1. The Morgan fingerprint density at radius 1 is 1.40 bits per heavy atom. The summed E-state index contributed by atoms with van der Waals surface area (Å²) >= 11 is 1.92. The highest BCUT2D eigenvalue weighted by atomic mass is 32.1. The van der Waals surface area contributed by atoms with Gasteiger partial charge in [0.25, 0.3) is 0 Å². The third-order valence-corrected chi connectivity index (χ3v) is 6.82. The van der Waals surface area contributed by atoms with Crippen LogP contribution in [-0.4, -0.2) is 23.5 Å². The van der Waals surface area contributed by atoms with Crippen LogP contribution in [-0.2, 0) is 13.0 Å². The Labute approximate surface area is 127 Å². The molecule has 0 spiro atoms. The molecule has 3 heteroatoms. The standard InChI is InChI=1S/C17H28N2S/c1-13-10-16(2,3)6-7-17(13,12-18)19-8-4-15-14(11-19)5-9-20-15/h5,9,13H,4,6-8,10-12,18H2,1-3H3. The minimum atomic E-state index is 0.231. The fourth-order valence-electron chi connectivity index (χ4n) is 4.45. The summed E-state index contributed by atoms with van der Waals surface area (Å²) in [5.74, 6) is 0.691. The van der Waals surface area contributed by atoms with E-state index in [0.29, 0.717) is 11.3 Å². The predicted molar refractivity (Wildman–Crippen MR) is 87.0 cm³/mol. The van der Waals surface area contributed by atoms with Crippen LogP contribution in [0.25, 0.3) is 0 Å². The summed E-state index contributed by atoms with van der Waals surface area (Å²) < 4.78 is 0. The highest BCUT2D eigenvalue weighted by Gasteiger charge is 2.47. The summed E-state index contributed by atoms with van der Waals surface area (Å²) in [4.78, 5) is 4.30. The van der Waals surface area contributed by atoms with Gasteiger partial charge in [-0.15, -0.1) is 11.3 Å². The van der Waals surface area contributed by atoms with Gasteiger partial charge in [-0.25, -0.2) is 0 Å². The average Bonchev–Trinajstić information content (AvgIpc) is 2.86. The van der Waals surface area contributed by atoms with Crippen LogP contribution in [0.15, 0.2) is 11.4 Å². The summed E-state index contributed by atoms with van der Waals surface area (Å²) in [6.45, 7) is 10.4. The number of hydrogen-bond acceptors (Lipinski definition) is 3. The molecular weight excluding hydrogens is 264 g/mol. The molecule has 2 aliphatic rings. The first-order valence-electron chi connectivity index (χ1n) is 7.97. The van der Waals surface area contributed by atoms with Crippen LogP contribution in [0.1, 0.15) is 50.5 Å². The van der Waals surface area contributed by atoms with Gasteiger partial charge in [0, 0.05) is 30.1 Å². The zero-order chi connectivity index (χ0) is 14.4. The van der Waals surface area contributed by atoms with E-state index in [1.165, 1.54) is 32.2 Å². The fourth-order valence-corrected chi connectivity index (χ4v) is 5.34. The van der Waals surface area contributed by atoms with Gasteiger partial charge in [-0.3, -0.25) is 4.90 Å². The number of thiophene rings is 1. The molecule has 2 unspecified atom stereocenters. The van der Waals surface area contributed by atoms with Crippen molar-refractivity contribution in [2.75, 3.05) is 13.1 Å². The highest BCUT2D eigenvalue weighted by molar-refractivity contribution is 7.10. The number of fused-ring (bicyclic) bond motifs is 1. The minimum Gasteiger partial charge on any atom is -0.329 e. The highest BCUT2D eigenvalue weighted by Crippen LogP contribution is 2.47. The van der Waals surface area contributed by atoms with Crippen molar-refractivity contribution >= 4 is 11.3 Å². The zero-order valence-corrected chi connectivity index (χ0v) is 13.9. The molecule has 1 fully saturated rings. The van der Waals surface area contributed by atoms with E-state index < -0.39 is 0 Å². The number of hydrogen-bond donors (Lipinski definition) is 1. The largest absolute Gasteiger partial charge is 0.329 e. The second kappa shape index (κ2) is 5.11. The Morgan fingerprint density at radius 3 is 2.90 bits per heavy atom. The topological polar surface area (TPSA) is 29.3 Å². The van der Waals surface area contributed by atoms with E-state index in [1.54, 1.807) is 10.4 Å². The molecular formula is C17H28N2S. The lowest BCUT2D eigenvalue weighted by Gasteiger charge is -2.54. The molecule has 1 saturated carbocycles. The van der Waals surface area contributed by atoms with E-state index in [2.05, 4.69) is 37.1 Å².